The highest BCUT2D eigenvalue weighted by Gasteiger charge is 2.12. The maximum absolute atomic E-state index is 12.0. The van der Waals surface area contributed by atoms with Crippen LogP contribution in [-0.4, -0.2) is 12.6 Å². The fourth-order valence-electron chi connectivity index (χ4n) is 1.71. The number of carbonyl (C=O) groups is 1. The van der Waals surface area contributed by atoms with Crippen LogP contribution in [0.25, 0.3) is 6.08 Å². The lowest BCUT2D eigenvalue weighted by Gasteiger charge is -2.07. The summed E-state index contributed by atoms with van der Waals surface area (Å²) in [6.45, 7) is 3.92. The van der Waals surface area contributed by atoms with Gasteiger partial charge in [0.05, 0.1) is 6.26 Å². The van der Waals surface area contributed by atoms with Crippen LogP contribution < -0.4 is 4.74 Å². The Morgan fingerprint density at radius 1 is 1.05 bits per heavy atom. The number of carbonyl (C=O) groups excluding carboxylic acids is 1. The van der Waals surface area contributed by atoms with Gasteiger partial charge >= 0.3 is 5.97 Å². The molecule has 3 heteroatoms. The molecule has 0 radical (unpaired) electrons. The Bertz CT molecular complexity index is 630. The van der Waals surface area contributed by atoms with Crippen molar-refractivity contribution in [1.29, 1.82) is 0 Å². The van der Waals surface area contributed by atoms with Crippen LogP contribution >= 0.6 is 0 Å². The predicted octanol–water partition coefficient (Wildman–Crippen LogP) is 4.08. The van der Waals surface area contributed by atoms with E-state index in [1.165, 1.54) is 6.26 Å². The number of hydrogen-bond donors (Lipinski definition) is 0. The Hall–Kier alpha value is -2.81. The highest BCUT2D eigenvalue weighted by Crippen LogP contribution is 2.19. The van der Waals surface area contributed by atoms with Crippen LogP contribution in [0, 0.1) is 0 Å². The minimum absolute atomic E-state index is 0.337. The first-order valence-corrected chi connectivity index (χ1v) is 6.56. The molecule has 2 aromatic carbocycles. The molecule has 0 bridgehead atoms. The van der Waals surface area contributed by atoms with Gasteiger partial charge in [-0.2, -0.15) is 0 Å². The Balaban J connectivity index is 2.03. The zero-order chi connectivity index (χ0) is 14.9. The van der Waals surface area contributed by atoms with Crippen molar-refractivity contribution in [3.63, 3.8) is 0 Å². The average Bonchev–Trinajstić information content (AvgIpc) is 2.54. The number of hydrogen-bond acceptors (Lipinski definition) is 3. The molecular formula is C18H16O3. The minimum atomic E-state index is -0.457. The van der Waals surface area contributed by atoms with E-state index in [9.17, 15) is 4.79 Å². The molecule has 0 unspecified atom stereocenters. The quantitative estimate of drug-likeness (QED) is 0.454. The van der Waals surface area contributed by atoms with Gasteiger partial charge in [0, 0.05) is 0 Å². The average molecular weight is 280 g/mol. The monoisotopic (exact) mass is 280 g/mol. The summed E-state index contributed by atoms with van der Waals surface area (Å²) in [7, 11) is 0. The van der Waals surface area contributed by atoms with E-state index in [0.29, 0.717) is 17.9 Å². The SMILES string of the molecule is C=CCOc1ccccc1C(=O)OC=Cc1ccccc1. The molecule has 0 fully saturated rings. The van der Waals surface area contributed by atoms with E-state index >= 15 is 0 Å². The molecule has 2 rings (SSSR count). The minimum Gasteiger partial charge on any atom is -0.489 e. The van der Waals surface area contributed by atoms with Gasteiger partial charge < -0.3 is 9.47 Å². The molecule has 0 spiro atoms. The van der Waals surface area contributed by atoms with Crippen molar-refractivity contribution in [2.24, 2.45) is 0 Å². The summed E-state index contributed by atoms with van der Waals surface area (Å²) in [6, 6.07) is 16.6. The zero-order valence-corrected chi connectivity index (χ0v) is 11.6. The third-order valence-corrected chi connectivity index (χ3v) is 2.70. The van der Waals surface area contributed by atoms with E-state index < -0.39 is 5.97 Å². The number of benzene rings is 2. The topological polar surface area (TPSA) is 35.5 Å². The fourth-order valence-corrected chi connectivity index (χ4v) is 1.71. The number of para-hydroxylation sites is 1. The lowest BCUT2D eigenvalue weighted by atomic mass is 10.2. The highest BCUT2D eigenvalue weighted by atomic mass is 16.5. The van der Waals surface area contributed by atoms with E-state index in [2.05, 4.69) is 6.58 Å². The third kappa shape index (κ3) is 4.35. The second-order valence-corrected chi connectivity index (χ2v) is 4.21. The van der Waals surface area contributed by atoms with Crippen molar-refractivity contribution in [2.75, 3.05) is 6.61 Å². The molecule has 106 valence electrons. The van der Waals surface area contributed by atoms with Crippen molar-refractivity contribution in [3.8, 4) is 5.75 Å². The van der Waals surface area contributed by atoms with Crippen LogP contribution in [0.4, 0.5) is 0 Å². The molecule has 0 aromatic heterocycles. The summed E-state index contributed by atoms with van der Waals surface area (Å²) in [5.41, 5.74) is 1.35. The Labute approximate surface area is 124 Å². The van der Waals surface area contributed by atoms with Crippen molar-refractivity contribution in [3.05, 3.63) is 84.6 Å². The molecule has 21 heavy (non-hydrogen) atoms. The molecule has 0 N–H and O–H groups in total. The predicted molar refractivity (Wildman–Crippen MR) is 83.0 cm³/mol. The number of rotatable bonds is 6. The molecule has 2 aromatic rings. The molecule has 0 aliphatic heterocycles. The Morgan fingerprint density at radius 3 is 2.52 bits per heavy atom. The molecular weight excluding hydrogens is 264 g/mol. The van der Waals surface area contributed by atoms with Gasteiger partial charge in [0.25, 0.3) is 0 Å². The molecule has 0 amide bonds. The summed E-state index contributed by atoms with van der Waals surface area (Å²) < 4.78 is 10.6. The molecule has 0 aliphatic carbocycles. The van der Waals surface area contributed by atoms with E-state index in [1.807, 2.05) is 30.3 Å². The Kier molecular flexibility index (Phi) is 5.35. The van der Waals surface area contributed by atoms with Gasteiger partial charge in [-0.3, -0.25) is 0 Å². The second-order valence-electron chi connectivity index (χ2n) is 4.21. The third-order valence-electron chi connectivity index (χ3n) is 2.70. The fraction of sp³-hybridized carbons (Fsp3) is 0.0556. The largest absolute Gasteiger partial charge is 0.489 e. The summed E-state index contributed by atoms with van der Waals surface area (Å²) in [4.78, 5) is 12.0. The summed E-state index contributed by atoms with van der Waals surface area (Å²) in [6.07, 6.45) is 4.73. The van der Waals surface area contributed by atoms with Gasteiger partial charge in [0.2, 0.25) is 0 Å². The van der Waals surface area contributed by atoms with Crippen molar-refractivity contribution in [1.82, 2.24) is 0 Å². The zero-order valence-electron chi connectivity index (χ0n) is 11.6. The summed E-state index contributed by atoms with van der Waals surface area (Å²) >= 11 is 0. The van der Waals surface area contributed by atoms with Gasteiger partial charge in [-0.05, 0) is 23.8 Å². The maximum atomic E-state index is 12.0. The van der Waals surface area contributed by atoms with E-state index in [0.717, 1.165) is 5.56 Å². The Morgan fingerprint density at radius 2 is 1.76 bits per heavy atom. The number of ether oxygens (including phenoxy) is 2. The second kappa shape index (κ2) is 7.70. The van der Waals surface area contributed by atoms with Gasteiger partial charge in [-0.15, -0.1) is 0 Å². The van der Waals surface area contributed by atoms with Crippen molar-refractivity contribution >= 4 is 12.0 Å². The van der Waals surface area contributed by atoms with Crippen LogP contribution in [0.15, 0.2) is 73.5 Å². The lowest BCUT2D eigenvalue weighted by Crippen LogP contribution is -2.05. The van der Waals surface area contributed by atoms with E-state index in [4.69, 9.17) is 9.47 Å². The highest BCUT2D eigenvalue weighted by molar-refractivity contribution is 5.93. The first-order chi connectivity index (χ1) is 10.3. The van der Waals surface area contributed by atoms with Crippen LogP contribution in [0.5, 0.6) is 5.75 Å². The molecule has 0 saturated heterocycles. The molecule has 3 nitrogen and oxygen atoms in total. The lowest BCUT2D eigenvalue weighted by molar-refractivity contribution is 0.0661. The molecule has 0 heterocycles. The number of esters is 1. The van der Waals surface area contributed by atoms with Gasteiger partial charge in [0.15, 0.2) is 0 Å². The smallest absolute Gasteiger partial charge is 0.346 e. The normalized spacial score (nSPS) is 10.3. The standard InChI is InChI=1S/C18H16O3/c1-2-13-20-17-11-7-6-10-16(17)18(19)21-14-12-15-8-4-3-5-9-15/h2-12,14H,1,13H2. The van der Waals surface area contributed by atoms with Gasteiger partial charge in [-0.25, -0.2) is 4.79 Å². The van der Waals surface area contributed by atoms with Crippen LogP contribution in [0.1, 0.15) is 15.9 Å². The van der Waals surface area contributed by atoms with Crippen molar-refractivity contribution in [2.45, 2.75) is 0 Å². The molecule has 0 atom stereocenters. The maximum Gasteiger partial charge on any atom is 0.346 e. The van der Waals surface area contributed by atoms with Crippen LogP contribution in [0.2, 0.25) is 0 Å². The molecule has 0 saturated carbocycles. The molecule has 0 aliphatic rings. The summed E-state index contributed by atoms with van der Waals surface area (Å²) in [5, 5.41) is 0. The summed E-state index contributed by atoms with van der Waals surface area (Å²) in [5.74, 6) is 0.0253. The van der Waals surface area contributed by atoms with E-state index in [1.54, 1.807) is 36.4 Å². The van der Waals surface area contributed by atoms with Crippen LogP contribution in [0.3, 0.4) is 0 Å². The first-order valence-electron chi connectivity index (χ1n) is 6.56. The van der Waals surface area contributed by atoms with Crippen LogP contribution in [-0.2, 0) is 4.74 Å². The first kappa shape index (κ1) is 14.6. The van der Waals surface area contributed by atoms with Gasteiger partial charge in [-0.1, -0.05) is 55.1 Å². The van der Waals surface area contributed by atoms with E-state index in [-0.39, 0.29) is 0 Å². The van der Waals surface area contributed by atoms with Gasteiger partial charge in [0.1, 0.15) is 17.9 Å². The van der Waals surface area contributed by atoms with Crippen molar-refractivity contribution < 1.29 is 14.3 Å².